The highest BCUT2D eigenvalue weighted by Gasteiger charge is 2.20. The fourth-order valence-electron chi connectivity index (χ4n) is 2.74. The Balaban J connectivity index is 0. The van der Waals surface area contributed by atoms with Gasteiger partial charge in [0.1, 0.15) is 6.04 Å². The van der Waals surface area contributed by atoms with Gasteiger partial charge in [0.15, 0.2) is 17.4 Å². The molecule has 0 saturated carbocycles. The van der Waals surface area contributed by atoms with Crippen LogP contribution in [0.15, 0.2) is 0 Å². The molecule has 0 radical (unpaired) electrons. The van der Waals surface area contributed by atoms with Gasteiger partial charge < -0.3 is 15.5 Å². The Morgan fingerprint density at radius 2 is 1.23 bits per heavy atom. The van der Waals surface area contributed by atoms with E-state index in [0.717, 1.165) is 19.3 Å². The summed E-state index contributed by atoms with van der Waals surface area (Å²) < 4.78 is 0. The van der Waals surface area contributed by atoms with Crippen molar-refractivity contribution in [3.05, 3.63) is 0 Å². The number of nitrogens with one attached hydrogen (secondary N) is 1. The molecular weight excluding hydrogens is 349 g/mol. The Morgan fingerprint density at radius 1 is 0.769 bits per heavy atom. The zero-order valence-electron chi connectivity index (χ0n) is 15.6. The van der Waals surface area contributed by atoms with E-state index in [-0.39, 0.29) is 36.1 Å². The molecule has 1 unspecified atom stereocenters. The number of carbonyl (C=O) groups is 3. The molecule has 0 bridgehead atoms. The van der Waals surface area contributed by atoms with Gasteiger partial charge in [-0.2, -0.15) is 0 Å². The summed E-state index contributed by atoms with van der Waals surface area (Å²) in [5, 5.41) is 20.0. The van der Waals surface area contributed by atoms with Crippen LogP contribution in [0, 0.1) is 0 Å². The lowest BCUT2D eigenvalue weighted by molar-refractivity contribution is -0.143. The van der Waals surface area contributed by atoms with E-state index in [2.05, 4.69) is 12.2 Å². The summed E-state index contributed by atoms with van der Waals surface area (Å²) in [6, 6.07) is -1.11. The van der Waals surface area contributed by atoms with Crippen molar-refractivity contribution in [1.29, 1.82) is 0 Å². The molecule has 0 fully saturated rings. The lowest BCUT2D eigenvalue weighted by Crippen LogP contribution is -2.41. The molecule has 0 rings (SSSR count). The van der Waals surface area contributed by atoms with Crippen molar-refractivity contribution in [2.45, 2.75) is 103 Å². The Kier molecular flexibility index (Phi) is 19.6. The van der Waals surface area contributed by atoms with E-state index in [1.807, 2.05) is 0 Å². The number of rotatable bonds is 17. The van der Waals surface area contributed by atoms with Crippen LogP contribution in [0.25, 0.3) is 0 Å². The molecule has 0 heterocycles. The van der Waals surface area contributed by atoms with Crippen molar-refractivity contribution in [3.63, 3.8) is 0 Å². The van der Waals surface area contributed by atoms with Crippen LogP contribution < -0.4 is 5.32 Å². The lowest BCUT2D eigenvalue weighted by Gasteiger charge is -2.13. The van der Waals surface area contributed by atoms with Crippen LogP contribution in [-0.2, 0) is 14.4 Å². The highest BCUT2D eigenvalue weighted by atomic mass is 27.0. The van der Waals surface area contributed by atoms with Crippen LogP contribution in [-0.4, -0.2) is 51.5 Å². The molecule has 0 aliphatic carbocycles. The average molecular weight is 387 g/mol. The van der Waals surface area contributed by atoms with E-state index >= 15 is 0 Å². The van der Waals surface area contributed by atoms with Gasteiger partial charge in [-0.15, -0.1) is 0 Å². The number of amides is 1. The number of carboxylic acid groups (broad SMARTS) is 2. The first-order valence-corrected chi connectivity index (χ1v) is 9.71. The maximum absolute atomic E-state index is 11.7. The van der Waals surface area contributed by atoms with Gasteiger partial charge in [-0.1, -0.05) is 71.1 Å². The summed E-state index contributed by atoms with van der Waals surface area (Å²) >= 11 is 0. The lowest BCUT2D eigenvalue weighted by atomic mass is 10.0. The van der Waals surface area contributed by atoms with Crippen LogP contribution in [0.3, 0.4) is 0 Å². The summed E-state index contributed by atoms with van der Waals surface area (Å²) in [7, 11) is 0. The fraction of sp³-hybridized carbons (Fsp3) is 0.842. The monoisotopic (exact) mass is 387 g/mol. The molecule has 7 heteroatoms. The van der Waals surface area contributed by atoms with Crippen molar-refractivity contribution < 1.29 is 24.6 Å². The predicted octanol–water partition coefficient (Wildman–Crippen LogP) is 2.94. The van der Waals surface area contributed by atoms with Gasteiger partial charge in [0.05, 0.1) is 0 Å². The summed E-state index contributed by atoms with van der Waals surface area (Å²) in [6.07, 6.45) is 13.1. The van der Waals surface area contributed by atoms with E-state index < -0.39 is 18.0 Å². The molecule has 0 aliphatic heterocycles. The summed E-state index contributed by atoms with van der Waals surface area (Å²) in [4.78, 5) is 33.2. The van der Waals surface area contributed by atoms with Gasteiger partial charge in [-0.3, -0.25) is 9.59 Å². The molecule has 1 amide bonds. The summed E-state index contributed by atoms with van der Waals surface area (Å²) in [5.74, 6) is -2.56. The van der Waals surface area contributed by atoms with Crippen LogP contribution in [0.1, 0.15) is 96.8 Å². The smallest absolute Gasteiger partial charge is 0.326 e. The van der Waals surface area contributed by atoms with Crippen molar-refractivity contribution in [1.82, 2.24) is 5.32 Å². The Hall–Kier alpha value is -1.06. The Labute approximate surface area is 168 Å². The molecule has 0 aliphatic rings. The van der Waals surface area contributed by atoms with Crippen LogP contribution in [0.2, 0.25) is 0 Å². The topological polar surface area (TPSA) is 104 Å². The number of hydrogen-bond acceptors (Lipinski definition) is 3. The summed E-state index contributed by atoms with van der Waals surface area (Å²) in [6.45, 7) is 2.22. The van der Waals surface area contributed by atoms with Gasteiger partial charge >= 0.3 is 11.9 Å². The first kappa shape index (κ1) is 27.2. The highest BCUT2D eigenvalue weighted by Crippen LogP contribution is 2.12. The number of carbonyl (C=O) groups excluding carboxylic acids is 1. The van der Waals surface area contributed by atoms with Crippen molar-refractivity contribution >= 4 is 35.2 Å². The fourth-order valence-corrected chi connectivity index (χ4v) is 2.74. The van der Waals surface area contributed by atoms with Gasteiger partial charge in [-0.25, -0.2) is 4.79 Å². The molecule has 3 N–H and O–H groups in total. The second kappa shape index (κ2) is 18.7. The first-order valence-electron chi connectivity index (χ1n) is 9.71. The minimum atomic E-state index is -1.19. The largest absolute Gasteiger partial charge is 0.481 e. The number of unbranched alkanes of at least 4 members (excludes halogenated alkanes) is 10. The highest BCUT2D eigenvalue weighted by molar-refractivity contribution is 5.83. The van der Waals surface area contributed by atoms with Gasteiger partial charge in [-0.05, 0) is 12.8 Å². The third kappa shape index (κ3) is 17.8. The van der Waals surface area contributed by atoms with E-state index in [9.17, 15) is 14.4 Å². The van der Waals surface area contributed by atoms with Crippen LogP contribution in [0.5, 0.6) is 0 Å². The number of hydrogen-bond donors (Lipinski definition) is 3. The second-order valence-electron chi connectivity index (χ2n) is 6.68. The zero-order valence-corrected chi connectivity index (χ0v) is 15.6. The van der Waals surface area contributed by atoms with Crippen molar-refractivity contribution in [3.8, 4) is 0 Å². The molecular formula is C19H38AlNO5. The van der Waals surface area contributed by atoms with Crippen molar-refractivity contribution in [2.75, 3.05) is 0 Å². The zero-order chi connectivity index (χ0) is 18.9. The average Bonchev–Trinajstić information content (AvgIpc) is 2.56. The van der Waals surface area contributed by atoms with Crippen LogP contribution in [0.4, 0.5) is 0 Å². The molecule has 1 atom stereocenters. The Morgan fingerprint density at radius 3 is 1.65 bits per heavy atom. The summed E-state index contributed by atoms with van der Waals surface area (Å²) in [5.41, 5.74) is 0. The Bertz CT molecular complexity index is 390. The molecule has 0 spiro atoms. The van der Waals surface area contributed by atoms with Gasteiger partial charge in [0.25, 0.3) is 0 Å². The molecule has 0 aromatic heterocycles. The quantitative estimate of drug-likeness (QED) is 0.263. The van der Waals surface area contributed by atoms with E-state index in [0.29, 0.717) is 6.42 Å². The maximum Gasteiger partial charge on any atom is 0.326 e. The second-order valence-corrected chi connectivity index (χ2v) is 6.68. The minimum absolute atomic E-state index is 0. The molecule has 6 nitrogen and oxygen atoms in total. The van der Waals surface area contributed by atoms with E-state index in [4.69, 9.17) is 10.2 Å². The van der Waals surface area contributed by atoms with Gasteiger partial charge in [0.2, 0.25) is 5.91 Å². The first-order chi connectivity index (χ1) is 12.0. The van der Waals surface area contributed by atoms with Crippen molar-refractivity contribution in [2.24, 2.45) is 0 Å². The molecule has 0 aromatic rings. The maximum atomic E-state index is 11.7. The number of carboxylic acids is 2. The SMILES string of the molecule is CCCCCCCCCCCCCC(=O)NC(CCC(=O)O)C(=O)O.[AlH3]. The molecule has 0 aromatic carbocycles. The third-order valence-electron chi connectivity index (χ3n) is 4.29. The minimum Gasteiger partial charge on any atom is -0.481 e. The molecule has 152 valence electrons. The molecule has 26 heavy (non-hydrogen) atoms. The van der Waals surface area contributed by atoms with Crippen LogP contribution >= 0.6 is 0 Å². The molecule has 0 saturated heterocycles. The third-order valence-corrected chi connectivity index (χ3v) is 4.29. The standard InChI is InChI=1S/C19H35NO5.Al.3H/c1-2-3-4-5-6-7-8-9-10-11-12-13-17(21)20-16(19(24)25)14-15-18(22)23;;;;/h16H,2-15H2,1H3,(H,20,21)(H,22,23)(H,24,25);;;;. The number of aliphatic carboxylic acids is 2. The van der Waals surface area contributed by atoms with Gasteiger partial charge in [0, 0.05) is 12.8 Å². The van der Waals surface area contributed by atoms with E-state index in [1.165, 1.54) is 51.4 Å². The predicted molar refractivity (Wildman–Crippen MR) is 107 cm³/mol. The normalized spacial score (nSPS) is 11.4. The van der Waals surface area contributed by atoms with E-state index in [1.54, 1.807) is 0 Å².